The van der Waals surface area contributed by atoms with Gasteiger partial charge in [-0.2, -0.15) is 0 Å². The second kappa shape index (κ2) is 79.3. The van der Waals surface area contributed by atoms with Crippen LogP contribution in [0.5, 0.6) is 0 Å². The van der Waals surface area contributed by atoms with Gasteiger partial charge >= 0.3 is 53.4 Å². The van der Waals surface area contributed by atoms with Crippen LogP contribution in [0, 0.1) is 5.92 Å². The van der Waals surface area contributed by atoms with Crippen molar-refractivity contribution in [1.82, 2.24) is 0 Å². The number of allylic oxidation sites excluding steroid dienone is 10. The molecule has 1 rings (SSSR count). The molecule has 113 heavy (non-hydrogen) atoms. The maximum absolute atomic E-state index is 12.7. The zero-order chi connectivity index (χ0) is 82.8. The second-order valence-corrected chi connectivity index (χ2v) is 33.2. The summed E-state index contributed by atoms with van der Waals surface area (Å²) in [5, 5.41) is 68.3. The van der Waals surface area contributed by atoms with Crippen molar-refractivity contribution in [2.24, 2.45) is 5.92 Å². The van der Waals surface area contributed by atoms with Crippen molar-refractivity contribution in [2.45, 2.75) is 423 Å². The quantitative estimate of drug-likeness (QED) is 0.00742. The first kappa shape index (κ1) is 113. The van der Waals surface area contributed by atoms with Crippen molar-refractivity contribution in [1.29, 1.82) is 0 Å². The number of aliphatic hydroxyl groups is 7. The minimum Gasteiger partial charge on any atom is -0.756 e. The normalized spacial score (nSPS) is 18.7. The Morgan fingerprint density at radius 1 is 0.363 bits per heavy atom. The van der Waals surface area contributed by atoms with E-state index in [2.05, 4.69) is 80.8 Å². The van der Waals surface area contributed by atoms with Crippen LogP contribution in [0.25, 0.3) is 0 Å². The average Bonchev–Trinajstić information content (AvgIpc) is 0.791. The zero-order valence-electron chi connectivity index (χ0n) is 71.1. The maximum Gasteiger partial charge on any atom is 1.00 e. The third kappa shape index (κ3) is 70.0. The Hall–Kier alpha value is -2.48. The van der Waals surface area contributed by atoms with E-state index < -0.39 is 127 Å². The summed E-state index contributed by atoms with van der Waals surface area (Å²) in [6, 6.07) is 0. The van der Waals surface area contributed by atoms with E-state index in [1.54, 1.807) is 6.92 Å². The minimum absolute atomic E-state index is 0. The standard InChI is InChI=1S/C47H83O13P.C40H77O10P.Na/c1-3-5-7-9-11-13-15-17-19-20-22-24-26-28-30-32-34-36-41(49)59-39(38-58-61(55,56)60-47-45(53)43(51)42(50)44(52)46(47)54)37-57-40(48)35-33-31-29-27-25-23-21-18-16-14-12-10-8-6-4-2;1-4-6-8-10-12-14-16-17-18-19-21-23-25-27-29-31-39(43)50-38(35-49-51(45,46)48-33-37(42)32-41)34-47-40(44)36(3)30-28-26-24-22-20-15-13-11-9-7-5-2;/h11,13,17,19,22,24,28,30,39,42-47,50-54H,3-10,12,14-16,18,20-21,23,25-27,29,31-38H2,1-2H3,(H,55,56);17-18,36-38,41-42H,4-16,19-35H2,1-3H3,(H,45,46);/q;;+1/p-2/b13-11-,19-17-,24-22-,30-28-;18-17+;. The minimum atomic E-state index is -5.38. The number of rotatable bonds is 76. The van der Waals surface area contributed by atoms with Crippen LogP contribution in [0.3, 0.4) is 0 Å². The Morgan fingerprint density at radius 2 is 0.655 bits per heavy atom. The van der Waals surface area contributed by atoms with Crippen LogP contribution in [0.4, 0.5) is 0 Å². The number of phosphoric ester groups is 2. The molecule has 0 aromatic rings. The first-order chi connectivity index (χ1) is 54.1. The number of carbonyl (C=O) groups excluding carboxylic acids is 4. The number of unbranched alkanes of at least 4 members (excludes halogenated alkanes) is 39. The first-order valence-corrected chi connectivity index (χ1v) is 46.9. The zero-order valence-corrected chi connectivity index (χ0v) is 74.9. The molecule has 0 amide bonds. The topological polar surface area (TPSA) is 364 Å². The molecule has 0 aliphatic heterocycles. The molecule has 656 valence electrons. The summed E-state index contributed by atoms with van der Waals surface area (Å²) >= 11 is 0. The van der Waals surface area contributed by atoms with E-state index in [4.69, 9.17) is 37.6 Å². The first-order valence-electron chi connectivity index (χ1n) is 44.0. The van der Waals surface area contributed by atoms with Crippen LogP contribution >= 0.6 is 15.6 Å². The number of ether oxygens (including phenoxy) is 4. The fraction of sp³-hybridized carbons (Fsp3) is 0.839. The van der Waals surface area contributed by atoms with Crippen molar-refractivity contribution in [3.05, 3.63) is 60.8 Å². The van der Waals surface area contributed by atoms with Gasteiger partial charge in [-0.05, 0) is 89.9 Å². The second-order valence-electron chi connectivity index (χ2n) is 30.4. The Morgan fingerprint density at radius 3 is 1.06 bits per heavy atom. The van der Waals surface area contributed by atoms with E-state index in [0.29, 0.717) is 32.1 Å². The number of carbonyl (C=O) groups is 4. The molecule has 1 saturated carbocycles. The molecule has 23 nitrogen and oxygen atoms in total. The average molecular weight is 1660 g/mol. The summed E-state index contributed by atoms with van der Waals surface area (Å²) in [6.45, 7) is 7.10. The molecule has 26 heteroatoms. The van der Waals surface area contributed by atoms with E-state index in [-0.39, 0.29) is 61.3 Å². The molecule has 0 saturated heterocycles. The predicted molar refractivity (Wildman–Crippen MR) is 440 cm³/mol. The molecule has 0 heterocycles. The van der Waals surface area contributed by atoms with Gasteiger partial charge in [0, 0.05) is 19.3 Å². The van der Waals surface area contributed by atoms with Gasteiger partial charge in [0.05, 0.1) is 32.3 Å². The van der Waals surface area contributed by atoms with Crippen molar-refractivity contribution >= 4 is 39.5 Å². The van der Waals surface area contributed by atoms with E-state index >= 15 is 0 Å². The van der Waals surface area contributed by atoms with Crippen molar-refractivity contribution in [2.75, 3.05) is 39.6 Å². The van der Waals surface area contributed by atoms with Gasteiger partial charge in [-0.25, -0.2) is 0 Å². The molecule has 0 spiro atoms. The third-order valence-electron chi connectivity index (χ3n) is 19.7. The molecular formula is C87H158NaO23P2-. The fourth-order valence-corrected chi connectivity index (χ4v) is 14.3. The van der Waals surface area contributed by atoms with E-state index in [0.717, 1.165) is 103 Å². The van der Waals surface area contributed by atoms with Crippen LogP contribution < -0.4 is 39.3 Å². The molecule has 7 N–H and O–H groups in total. The molecule has 10 unspecified atom stereocenters. The molecule has 0 aromatic carbocycles. The molecule has 0 aromatic heterocycles. The summed E-state index contributed by atoms with van der Waals surface area (Å²) in [5.41, 5.74) is 0. The summed E-state index contributed by atoms with van der Waals surface area (Å²) in [5.74, 6) is -2.50. The Labute approximate surface area is 705 Å². The molecule has 1 aliphatic carbocycles. The Bertz CT molecular complexity index is 2470. The monoisotopic (exact) mass is 1660 g/mol. The summed E-state index contributed by atoms with van der Waals surface area (Å²) in [4.78, 5) is 75.4. The van der Waals surface area contributed by atoms with Crippen molar-refractivity contribution in [3.63, 3.8) is 0 Å². The molecule has 0 radical (unpaired) electrons. The van der Waals surface area contributed by atoms with Gasteiger partial charge in [-0.3, -0.25) is 28.3 Å². The molecule has 1 aliphatic rings. The predicted octanol–water partition coefficient (Wildman–Crippen LogP) is 15.2. The van der Waals surface area contributed by atoms with Crippen LogP contribution in [0.2, 0.25) is 0 Å². The van der Waals surface area contributed by atoms with Crippen LogP contribution in [-0.2, 0) is 65.4 Å². The molecular weight excluding hydrogens is 1500 g/mol. The SMILES string of the molecule is CCCCC/C=C\C/C=C\C/C=C\C/C=C\CCCC(=O)OC(COC(=O)CCCCCCCCCCCCCCCCC)COP(=O)([O-])OC1C(O)C(O)C(O)C(O)C1O.CCCCCCCC/C=C/CCCCCCCC(=O)OC(COC(=O)C(C)CCCCCCCCCCCCC)COP(=O)([O-])OCC(O)CO.[Na+]. The maximum atomic E-state index is 12.7. The fourth-order valence-electron chi connectivity index (χ4n) is 12.6. The van der Waals surface area contributed by atoms with Crippen LogP contribution in [-0.4, -0.2) is 154 Å². The van der Waals surface area contributed by atoms with E-state index in [9.17, 15) is 68.7 Å². The van der Waals surface area contributed by atoms with Crippen molar-refractivity contribution < 1.29 is 140 Å². The summed E-state index contributed by atoms with van der Waals surface area (Å²) in [7, 11) is -10.3. The number of hydrogen-bond donors (Lipinski definition) is 7. The number of esters is 4. The van der Waals surface area contributed by atoms with Gasteiger partial charge < -0.3 is 82.6 Å². The third-order valence-corrected chi connectivity index (χ3v) is 21.6. The van der Waals surface area contributed by atoms with E-state index in [1.165, 1.54) is 180 Å². The number of phosphoric acid groups is 2. The van der Waals surface area contributed by atoms with Gasteiger partial charge in [-0.15, -0.1) is 0 Å². The van der Waals surface area contributed by atoms with Gasteiger partial charge in [0.25, 0.3) is 15.6 Å². The van der Waals surface area contributed by atoms with Gasteiger partial charge in [0.15, 0.2) is 12.2 Å². The number of aliphatic hydroxyl groups excluding tert-OH is 7. The largest absolute Gasteiger partial charge is 1.00 e. The Kier molecular flexibility index (Phi) is 79.0. The molecule has 1 fully saturated rings. The molecule has 0 bridgehead atoms. The molecule has 10 atom stereocenters. The van der Waals surface area contributed by atoms with Crippen molar-refractivity contribution in [3.8, 4) is 0 Å². The summed E-state index contributed by atoms with van der Waals surface area (Å²) in [6.07, 6.45) is 61.0. The van der Waals surface area contributed by atoms with Gasteiger partial charge in [0.2, 0.25) is 0 Å². The van der Waals surface area contributed by atoms with Crippen LogP contribution in [0.1, 0.15) is 369 Å². The summed E-state index contributed by atoms with van der Waals surface area (Å²) < 4.78 is 65.6. The Balaban J connectivity index is 0. The van der Waals surface area contributed by atoms with Gasteiger partial charge in [-0.1, -0.05) is 320 Å². The van der Waals surface area contributed by atoms with Gasteiger partial charge in [0.1, 0.15) is 55.9 Å². The number of hydrogen-bond acceptors (Lipinski definition) is 23. The van der Waals surface area contributed by atoms with E-state index in [1.807, 2.05) is 12.2 Å². The smallest absolute Gasteiger partial charge is 0.756 e. The van der Waals surface area contributed by atoms with Crippen LogP contribution in [0.15, 0.2) is 60.8 Å².